The molecule has 0 aliphatic heterocycles. The van der Waals surface area contributed by atoms with E-state index in [1.165, 1.54) is 19.3 Å². The summed E-state index contributed by atoms with van der Waals surface area (Å²) in [5.41, 5.74) is 1.85. The maximum atomic E-state index is 13.9. The van der Waals surface area contributed by atoms with E-state index in [9.17, 15) is 4.39 Å². The van der Waals surface area contributed by atoms with Crippen molar-refractivity contribution in [3.63, 3.8) is 0 Å². The van der Waals surface area contributed by atoms with E-state index in [0.29, 0.717) is 5.56 Å². The van der Waals surface area contributed by atoms with Gasteiger partial charge in [-0.1, -0.05) is 38.8 Å². The van der Waals surface area contributed by atoms with Crippen LogP contribution in [0.4, 0.5) is 4.39 Å². The summed E-state index contributed by atoms with van der Waals surface area (Å²) in [4.78, 5) is 0.992. The van der Waals surface area contributed by atoms with Gasteiger partial charge in [0.25, 0.3) is 0 Å². The summed E-state index contributed by atoms with van der Waals surface area (Å²) in [6.45, 7) is 6.36. The molecule has 0 aliphatic rings. The highest BCUT2D eigenvalue weighted by Gasteiger charge is 2.07. The molecule has 0 radical (unpaired) electrons. The third kappa shape index (κ3) is 5.25. The lowest BCUT2D eigenvalue weighted by atomic mass is 10.1. The van der Waals surface area contributed by atoms with Crippen LogP contribution in [0.3, 0.4) is 0 Å². The highest BCUT2D eigenvalue weighted by Crippen LogP contribution is 2.28. The number of hydrogen-bond acceptors (Lipinski definition) is 2. The van der Waals surface area contributed by atoms with Gasteiger partial charge in [-0.2, -0.15) is 0 Å². The molecular weight excluding hydrogens is 281 g/mol. The standard InChI is InChI=1S/C18H24FNS/c1-14(2)6-3-4-10-20-13-15-8-9-17(19)16(12-15)18-7-5-11-21-18/h5,7-9,11-12,14,20H,3-4,6,10,13H2,1-2H3. The van der Waals surface area contributed by atoms with Gasteiger partial charge in [-0.25, -0.2) is 4.39 Å². The third-order valence-corrected chi connectivity index (χ3v) is 4.43. The van der Waals surface area contributed by atoms with E-state index >= 15 is 0 Å². The topological polar surface area (TPSA) is 12.0 Å². The van der Waals surface area contributed by atoms with E-state index in [0.717, 1.165) is 29.4 Å². The Morgan fingerprint density at radius 1 is 1.19 bits per heavy atom. The Labute approximate surface area is 131 Å². The summed E-state index contributed by atoms with van der Waals surface area (Å²) in [5.74, 6) is 0.647. The summed E-state index contributed by atoms with van der Waals surface area (Å²) in [7, 11) is 0. The van der Waals surface area contributed by atoms with Crippen molar-refractivity contribution in [2.24, 2.45) is 5.92 Å². The van der Waals surface area contributed by atoms with Gasteiger partial charge in [-0.15, -0.1) is 11.3 Å². The summed E-state index contributed by atoms with van der Waals surface area (Å²) in [6.07, 6.45) is 3.77. The minimum absolute atomic E-state index is 0.141. The van der Waals surface area contributed by atoms with Crippen molar-refractivity contribution in [2.45, 2.75) is 39.7 Å². The van der Waals surface area contributed by atoms with Gasteiger partial charge in [-0.05, 0) is 48.0 Å². The Kier molecular flexibility index (Phi) is 6.40. The summed E-state index contributed by atoms with van der Waals surface area (Å²) in [5, 5.41) is 5.43. The van der Waals surface area contributed by atoms with Gasteiger partial charge in [0.05, 0.1) is 0 Å². The largest absolute Gasteiger partial charge is 0.313 e. The number of unbranched alkanes of at least 4 members (excludes halogenated alkanes) is 1. The molecule has 0 spiro atoms. The molecule has 0 atom stereocenters. The molecule has 2 rings (SSSR count). The minimum atomic E-state index is -0.141. The van der Waals surface area contributed by atoms with Gasteiger partial charge in [0, 0.05) is 17.0 Å². The van der Waals surface area contributed by atoms with Crippen molar-refractivity contribution in [1.29, 1.82) is 0 Å². The molecule has 21 heavy (non-hydrogen) atoms. The maximum Gasteiger partial charge on any atom is 0.131 e. The molecule has 0 fully saturated rings. The van der Waals surface area contributed by atoms with E-state index in [1.54, 1.807) is 17.4 Å². The molecule has 0 saturated heterocycles. The first-order valence-corrected chi connectivity index (χ1v) is 8.58. The van der Waals surface area contributed by atoms with Crippen LogP contribution in [-0.2, 0) is 6.54 Å². The number of hydrogen-bond donors (Lipinski definition) is 1. The van der Waals surface area contributed by atoms with Gasteiger partial charge in [-0.3, -0.25) is 0 Å². The Balaban J connectivity index is 1.83. The van der Waals surface area contributed by atoms with Crippen molar-refractivity contribution in [3.05, 3.63) is 47.1 Å². The monoisotopic (exact) mass is 305 g/mol. The van der Waals surface area contributed by atoms with Crippen molar-refractivity contribution in [1.82, 2.24) is 5.32 Å². The molecule has 3 heteroatoms. The lowest BCUT2D eigenvalue weighted by Gasteiger charge is -2.08. The molecule has 0 saturated carbocycles. The fourth-order valence-electron chi connectivity index (χ4n) is 2.34. The molecule has 0 aliphatic carbocycles. The predicted molar refractivity (Wildman–Crippen MR) is 90.1 cm³/mol. The second-order valence-electron chi connectivity index (χ2n) is 5.86. The van der Waals surface area contributed by atoms with Gasteiger partial charge in [0.1, 0.15) is 5.82 Å². The van der Waals surface area contributed by atoms with Crippen molar-refractivity contribution >= 4 is 11.3 Å². The molecule has 1 aromatic carbocycles. The van der Waals surface area contributed by atoms with Crippen LogP contribution < -0.4 is 5.32 Å². The second kappa shape index (κ2) is 8.30. The first-order valence-electron chi connectivity index (χ1n) is 7.70. The molecule has 1 N–H and O–H groups in total. The van der Waals surface area contributed by atoms with Crippen LogP contribution in [0.15, 0.2) is 35.7 Å². The first-order chi connectivity index (χ1) is 10.2. The van der Waals surface area contributed by atoms with Gasteiger partial charge >= 0.3 is 0 Å². The number of thiophene rings is 1. The molecule has 0 unspecified atom stereocenters. The first kappa shape index (κ1) is 16.2. The zero-order valence-corrected chi connectivity index (χ0v) is 13.7. The molecule has 1 nitrogen and oxygen atoms in total. The van der Waals surface area contributed by atoms with E-state index in [-0.39, 0.29) is 5.82 Å². The average molecular weight is 305 g/mol. The zero-order valence-electron chi connectivity index (χ0n) is 12.9. The normalized spacial score (nSPS) is 11.2. The minimum Gasteiger partial charge on any atom is -0.313 e. The molecule has 2 aromatic rings. The summed E-state index contributed by atoms with van der Waals surface area (Å²) < 4.78 is 13.9. The maximum absolute atomic E-state index is 13.9. The highest BCUT2D eigenvalue weighted by molar-refractivity contribution is 7.13. The SMILES string of the molecule is CC(C)CCCCNCc1ccc(F)c(-c2cccs2)c1. The molecule has 1 heterocycles. The van der Waals surface area contributed by atoms with Crippen LogP contribution in [0.25, 0.3) is 10.4 Å². The molecular formula is C18H24FNS. The molecule has 0 amide bonds. The average Bonchev–Trinajstić information content (AvgIpc) is 2.98. The Morgan fingerprint density at radius 3 is 2.76 bits per heavy atom. The van der Waals surface area contributed by atoms with Crippen LogP contribution in [0.2, 0.25) is 0 Å². The number of benzene rings is 1. The quantitative estimate of drug-likeness (QED) is 0.638. The van der Waals surface area contributed by atoms with Crippen LogP contribution in [0.1, 0.15) is 38.7 Å². The highest BCUT2D eigenvalue weighted by atomic mass is 32.1. The van der Waals surface area contributed by atoms with Crippen LogP contribution in [-0.4, -0.2) is 6.54 Å². The second-order valence-corrected chi connectivity index (χ2v) is 6.81. The summed E-state index contributed by atoms with van der Waals surface area (Å²) in [6, 6.07) is 9.33. The van der Waals surface area contributed by atoms with Crippen molar-refractivity contribution in [2.75, 3.05) is 6.54 Å². The molecule has 0 bridgehead atoms. The Morgan fingerprint density at radius 2 is 2.05 bits per heavy atom. The van der Waals surface area contributed by atoms with Gasteiger partial charge in [0.15, 0.2) is 0 Å². The number of halogens is 1. The molecule has 1 aromatic heterocycles. The van der Waals surface area contributed by atoms with Gasteiger partial charge < -0.3 is 5.32 Å². The fourth-order valence-corrected chi connectivity index (χ4v) is 3.08. The van der Waals surface area contributed by atoms with Gasteiger partial charge in [0.2, 0.25) is 0 Å². The Bertz CT molecular complexity index is 534. The van der Waals surface area contributed by atoms with Crippen LogP contribution in [0, 0.1) is 11.7 Å². The fraction of sp³-hybridized carbons (Fsp3) is 0.444. The molecule has 114 valence electrons. The Hall–Kier alpha value is -1.19. The van der Waals surface area contributed by atoms with E-state index in [2.05, 4.69) is 19.2 Å². The predicted octanol–water partition coefficient (Wildman–Crippen LogP) is 5.47. The lowest BCUT2D eigenvalue weighted by molar-refractivity contribution is 0.520. The van der Waals surface area contributed by atoms with Crippen molar-refractivity contribution in [3.8, 4) is 10.4 Å². The van der Waals surface area contributed by atoms with Crippen molar-refractivity contribution < 1.29 is 4.39 Å². The number of nitrogens with one attached hydrogen (secondary N) is 1. The lowest BCUT2D eigenvalue weighted by Crippen LogP contribution is -2.14. The van der Waals surface area contributed by atoms with Crippen LogP contribution in [0.5, 0.6) is 0 Å². The van der Waals surface area contributed by atoms with E-state index in [4.69, 9.17) is 0 Å². The third-order valence-electron chi connectivity index (χ3n) is 3.53. The zero-order chi connectivity index (χ0) is 15.1. The van der Waals surface area contributed by atoms with E-state index < -0.39 is 0 Å². The van der Waals surface area contributed by atoms with E-state index in [1.807, 2.05) is 29.6 Å². The number of rotatable bonds is 8. The summed E-state index contributed by atoms with van der Waals surface area (Å²) >= 11 is 1.58. The smallest absolute Gasteiger partial charge is 0.131 e. The van der Waals surface area contributed by atoms with Crippen LogP contribution >= 0.6 is 11.3 Å².